The van der Waals surface area contributed by atoms with E-state index >= 15 is 0 Å². The van der Waals surface area contributed by atoms with Crippen LogP contribution in [0.5, 0.6) is 5.75 Å². The molecule has 1 heterocycles. The number of aliphatic imine (C=N–C) groups is 1. The number of thioether (sulfide) groups is 1. The number of carbonyl (C=O) groups is 2. The fraction of sp³-hybridized carbons (Fsp3) is 0.211. The predicted molar refractivity (Wildman–Crippen MR) is 117 cm³/mol. The van der Waals surface area contributed by atoms with E-state index in [1.807, 2.05) is 24.3 Å². The minimum Gasteiger partial charge on any atom is -0.497 e. The highest BCUT2D eigenvalue weighted by Crippen LogP contribution is 2.29. The van der Waals surface area contributed by atoms with Crippen LogP contribution in [0.15, 0.2) is 53.5 Å². The highest BCUT2D eigenvalue weighted by Gasteiger charge is 2.34. The molecule has 0 radical (unpaired) electrons. The molecule has 2 amide bonds. The molecule has 2 aromatic carbocycles. The summed E-state index contributed by atoms with van der Waals surface area (Å²) >= 11 is 3.51. The van der Waals surface area contributed by atoms with E-state index in [0.29, 0.717) is 16.6 Å². The lowest BCUT2D eigenvalue weighted by Crippen LogP contribution is -2.43. The number of hydrogen-bond donors (Lipinski definition) is 1. The predicted octanol–water partition coefficient (Wildman–Crippen LogP) is 3.89. The van der Waals surface area contributed by atoms with Gasteiger partial charge in [-0.2, -0.15) is 0 Å². The number of methoxy groups -OCH3 is 1. The number of hydrogen-bond acceptors (Lipinski definition) is 5. The van der Waals surface area contributed by atoms with Gasteiger partial charge in [-0.3, -0.25) is 14.5 Å². The lowest BCUT2D eigenvalue weighted by Gasteiger charge is -2.28. The van der Waals surface area contributed by atoms with Crippen LogP contribution in [-0.2, 0) is 9.59 Å². The lowest BCUT2D eigenvalue weighted by atomic mass is 10.2. The first kappa shape index (κ1) is 19.7. The van der Waals surface area contributed by atoms with Crippen molar-refractivity contribution in [3.8, 4) is 5.75 Å². The Morgan fingerprint density at radius 3 is 2.74 bits per heavy atom. The second-order valence-corrected chi connectivity index (χ2v) is 8.27. The standard InChI is InChI=1S/C19H18IN3O3S/c1-23-17(24)11-16(18(25)21-14-4-3-5-15(10-14)26-2)27-19(23)22-13-8-6-12(20)7-9-13/h3-10,16H,11H2,1-2H3,(H,21,25)/t16-/m0/s1. The summed E-state index contributed by atoms with van der Waals surface area (Å²) in [6.45, 7) is 0. The third kappa shape index (κ3) is 5.01. The van der Waals surface area contributed by atoms with Gasteiger partial charge in [0.1, 0.15) is 11.0 Å². The third-order valence-corrected chi connectivity index (χ3v) is 5.91. The quantitative estimate of drug-likeness (QED) is 0.654. The maximum absolute atomic E-state index is 12.7. The fourth-order valence-electron chi connectivity index (χ4n) is 2.45. The Bertz CT molecular complexity index is 886. The fourth-order valence-corrected chi connectivity index (χ4v) is 3.87. The van der Waals surface area contributed by atoms with Crippen LogP contribution in [0.3, 0.4) is 0 Å². The highest BCUT2D eigenvalue weighted by molar-refractivity contribution is 14.1. The Morgan fingerprint density at radius 2 is 2.04 bits per heavy atom. The van der Waals surface area contributed by atoms with Crippen molar-refractivity contribution in [2.75, 3.05) is 19.5 Å². The number of rotatable bonds is 4. The molecule has 0 unspecified atom stereocenters. The summed E-state index contributed by atoms with van der Waals surface area (Å²) in [7, 11) is 3.25. The zero-order valence-corrected chi connectivity index (χ0v) is 17.8. The molecule has 27 heavy (non-hydrogen) atoms. The largest absolute Gasteiger partial charge is 0.497 e. The topological polar surface area (TPSA) is 71.0 Å². The number of halogens is 1. The molecule has 3 rings (SSSR count). The van der Waals surface area contributed by atoms with Gasteiger partial charge < -0.3 is 10.1 Å². The molecule has 8 heteroatoms. The second-order valence-electron chi connectivity index (χ2n) is 5.86. The van der Waals surface area contributed by atoms with Gasteiger partial charge in [-0.05, 0) is 59.0 Å². The number of anilines is 1. The molecule has 1 saturated heterocycles. The van der Waals surface area contributed by atoms with Crippen LogP contribution in [0.4, 0.5) is 11.4 Å². The summed E-state index contributed by atoms with van der Waals surface area (Å²) in [5.41, 5.74) is 1.37. The molecule has 1 fully saturated rings. The molecule has 1 aliphatic heterocycles. The van der Waals surface area contributed by atoms with Crippen LogP contribution in [0.25, 0.3) is 0 Å². The molecule has 0 saturated carbocycles. The summed E-state index contributed by atoms with van der Waals surface area (Å²) in [6, 6.07) is 14.8. The van der Waals surface area contributed by atoms with Gasteiger partial charge in [-0.15, -0.1) is 0 Å². The van der Waals surface area contributed by atoms with Crippen molar-refractivity contribution in [3.63, 3.8) is 0 Å². The minimum absolute atomic E-state index is 0.128. The van der Waals surface area contributed by atoms with Crippen molar-refractivity contribution >= 4 is 62.7 Å². The Labute approximate surface area is 175 Å². The van der Waals surface area contributed by atoms with E-state index < -0.39 is 5.25 Å². The Balaban J connectivity index is 1.76. The molecular weight excluding hydrogens is 477 g/mol. The van der Waals surface area contributed by atoms with Crippen molar-refractivity contribution in [1.29, 1.82) is 0 Å². The third-order valence-electron chi connectivity index (χ3n) is 3.95. The van der Waals surface area contributed by atoms with Gasteiger partial charge in [-0.1, -0.05) is 17.8 Å². The molecule has 1 N–H and O–H groups in total. The van der Waals surface area contributed by atoms with Crippen LogP contribution < -0.4 is 10.1 Å². The van der Waals surface area contributed by atoms with E-state index in [0.717, 1.165) is 9.26 Å². The number of amidine groups is 1. The van der Waals surface area contributed by atoms with Crippen molar-refractivity contribution in [1.82, 2.24) is 4.90 Å². The number of nitrogens with one attached hydrogen (secondary N) is 1. The number of benzene rings is 2. The maximum atomic E-state index is 12.7. The average molecular weight is 495 g/mol. The summed E-state index contributed by atoms with van der Waals surface area (Å²) < 4.78 is 6.27. The summed E-state index contributed by atoms with van der Waals surface area (Å²) in [5, 5.41) is 2.82. The molecule has 0 aliphatic carbocycles. The highest BCUT2D eigenvalue weighted by atomic mass is 127. The van der Waals surface area contributed by atoms with Crippen LogP contribution in [-0.4, -0.2) is 41.3 Å². The van der Waals surface area contributed by atoms with E-state index in [1.54, 1.807) is 38.4 Å². The number of nitrogens with zero attached hydrogens (tertiary/aromatic N) is 2. The van der Waals surface area contributed by atoms with Crippen LogP contribution in [0, 0.1) is 3.57 Å². The number of carbonyl (C=O) groups excluding carboxylic acids is 2. The molecule has 140 valence electrons. The summed E-state index contributed by atoms with van der Waals surface area (Å²) in [5.74, 6) is 0.287. The van der Waals surface area contributed by atoms with E-state index in [4.69, 9.17) is 4.74 Å². The summed E-state index contributed by atoms with van der Waals surface area (Å²) in [6.07, 6.45) is 0.128. The van der Waals surface area contributed by atoms with E-state index in [1.165, 1.54) is 16.7 Å². The van der Waals surface area contributed by atoms with Crippen molar-refractivity contribution in [3.05, 3.63) is 52.1 Å². The second kappa shape index (κ2) is 8.75. The molecule has 2 aromatic rings. The molecule has 0 aromatic heterocycles. The normalized spacial score (nSPS) is 18.5. The van der Waals surface area contributed by atoms with Gasteiger partial charge >= 0.3 is 0 Å². The minimum atomic E-state index is -0.539. The molecule has 0 spiro atoms. The monoisotopic (exact) mass is 495 g/mol. The van der Waals surface area contributed by atoms with Crippen molar-refractivity contribution in [2.24, 2.45) is 4.99 Å². The molecule has 6 nitrogen and oxygen atoms in total. The van der Waals surface area contributed by atoms with Gasteiger partial charge in [0, 0.05) is 28.8 Å². The average Bonchev–Trinajstić information content (AvgIpc) is 2.67. The molecule has 1 atom stereocenters. The zero-order chi connectivity index (χ0) is 19.4. The van der Waals surface area contributed by atoms with E-state index in [2.05, 4.69) is 32.9 Å². The van der Waals surface area contributed by atoms with Gasteiger partial charge in [0.15, 0.2) is 5.17 Å². The maximum Gasteiger partial charge on any atom is 0.238 e. The van der Waals surface area contributed by atoms with E-state index in [-0.39, 0.29) is 18.2 Å². The van der Waals surface area contributed by atoms with Gasteiger partial charge in [-0.25, -0.2) is 4.99 Å². The van der Waals surface area contributed by atoms with Crippen LogP contribution in [0.2, 0.25) is 0 Å². The summed E-state index contributed by atoms with van der Waals surface area (Å²) in [4.78, 5) is 31.0. The van der Waals surface area contributed by atoms with Gasteiger partial charge in [0.05, 0.1) is 12.8 Å². The molecular formula is C19H18IN3O3S. The first-order valence-corrected chi connectivity index (χ1v) is 10.1. The van der Waals surface area contributed by atoms with Crippen LogP contribution >= 0.6 is 34.4 Å². The zero-order valence-electron chi connectivity index (χ0n) is 14.8. The molecule has 1 aliphatic rings. The first-order valence-electron chi connectivity index (χ1n) is 8.18. The van der Waals surface area contributed by atoms with Crippen molar-refractivity contribution < 1.29 is 14.3 Å². The van der Waals surface area contributed by atoms with Crippen LogP contribution in [0.1, 0.15) is 6.42 Å². The van der Waals surface area contributed by atoms with Gasteiger partial charge in [0.2, 0.25) is 11.8 Å². The Kier molecular flexibility index (Phi) is 6.38. The number of amides is 2. The smallest absolute Gasteiger partial charge is 0.238 e. The SMILES string of the molecule is COc1cccc(NC(=O)[C@@H]2CC(=O)N(C)C(=Nc3ccc(I)cc3)S2)c1. The van der Waals surface area contributed by atoms with Crippen molar-refractivity contribution in [2.45, 2.75) is 11.7 Å². The Hall–Kier alpha value is -2.07. The van der Waals surface area contributed by atoms with Gasteiger partial charge in [0.25, 0.3) is 0 Å². The molecule has 0 bridgehead atoms. The van der Waals surface area contributed by atoms with E-state index in [9.17, 15) is 9.59 Å². The lowest BCUT2D eigenvalue weighted by molar-refractivity contribution is -0.128. The number of ether oxygens (including phenoxy) is 1. The Morgan fingerprint density at radius 1 is 1.30 bits per heavy atom. The first-order chi connectivity index (χ1) is 13.0.